The van der Waals surface area contributed by atoms with E-state index in [1.807, 2.05) is 18.2 Å². The van der Waals surface area contributed by atoms with Gasteiger partial charge in [-0.15, -0.1) is 0 Å². The van der Waals surface area contributed by atoms with Gasteiger partial charge in [0.1, 0.15) is 12.4 Å². The number of halogens is 2. The highest BCUT2D eigenvalue weighted by atomic mass is 79.9. The molecule has 0 aliphatic heterocycles. The lowest BCUT2D eigenvalue weighted by atomic mass is 10.1. The van der Waals surface area contributed by atoms with Crippen molar-refractivity contribution in [3.05, 3.63) is 69.9 Å². The van der Waals surface area contributed by atoms with Crippen LogP contribution in [0.1, 0.15) is 24.1 Å². The lowest BCUT2D eigenvalue weighted by Gasteiger charge is -2.27. The Hall–Kier alpha value is -2.41. The van der Waals surface area contributed by atoms with Gasteiger partial charge in [0.25, 0.3) is 0 Å². The summed E-state index contributed by atoms with van der Waals surface area (Å²) in [6.45, 7) is 1.76. The number of nitrogens with zero attached hydrogens (tertiary/aromatic N) is 1. The maximum absolute atomic E-state index is 13.8. The summed E-state index contributed by atoms with van der Waals surface area (Å²) in [5.41, 5.74) is 0.945. The molecular formula is C18H17BrFNO4. The van der Waals surface area contributed by atoms with Crippen LogP contribution < -0.4 is 0 Å². The number of ether oxygens (including phenoxy) is 1. The number of aliphatic carboxylic acids is 1. The summed E-state index contributed by atoms with van der Waals surface area (Å²) in [5.74, 6) is -1.86. The molecule has 1 N–H and O–H groups in total. The number of carbonyl (C=O) groups is 2. The fourth-order valence-electron chi connectivity index (χ4n) is 2.36. The normalized spacial score (nSPS) is 11.6. The third-order valence-corrected chi connectivity index (χ3v) is 4.23. The molecule has 0 heterocycles. The Morgan fingerprint density at radius 3 is 2.48 bits per heavy atom. The topological polar surface area (TPSA) is 66.8 Å². The number of rotatable bonds is 6. The summed E-state index contributed by atoms with van der Waals surface area (Å²) in [4.78, 5) is 25.1. The van der Waals surface area contributed by atoms with Crippen molar-refractivity contribution < 1.29 is 23.8 Å². The van der Waals surface area contributed by atoms with Gasteiger partial charge in [0, 0.05) is 6.54 Å². The number of hydrogen-bond acceptors (Lipinski definition) is 3. The van der Waals surface area contributed by atoms with Gasteiger partial charge in [-0.2, -0.15) is 0 Å². The first-order valence-electron chi connectivity index (χ1n) is 7.59. The first kappa shape index (κ1) is 18.9. The van der Waals surface area contributed by atoms with Crippen LogP contribution in [0.15, 0.2) is 53.0 Å². The third-order valence-electron chi connectivity index (χ3n) is 3.59. The number of carboxylic acids is 1. The predicted molar refractivity (Wildman–Crippen MR) is 93.5 cm³/mol. The van der Waals surface area contributed by atoms with Gasteiger partial charge in [0.2, 0.25) is 0 Å². The van der Waals surface area contributed by atoms with E-state index in [1.165, 1.54) is 12.1 Å². The summed E-state index contributed by atoms with van der Waals surface area (Å²) >= 11 is 3.02. The maximum atomic E-state index is 13.8. The Balaban J connectivity index is 2.20. The molecule has 0 saturated carbocycles. The number of hydrogen-bond donors (Lipinski definition) is 1. The Kier molecular flexibility index (Phi) is 6.52. The van der Waals surface area contributed by atoms with Crippen molar-refractivity contribution in [1.29, 1.82) is 0 Å². The van der Waals surface area contributed by atoms with Crippen molar-refractivity contribution in [1.82, 2.24) is 4.90 Å². The highest BCUT2D eigenvalue weighted by Gasteiger charge is 2.31. The van der Waals surface area contributed by atoms with Crippen LogP contribution in [0.2, 0.25) is 0 Å². The minimum Gasteiger partial charge on any atom is -0.479 e. The molecule has 0 fully saturated rings. The van der Waals surface area contributed by atoms with E-state index in [0.29, 0.717) is 0 Å². The molecule has 5 nitrogen and oxygen atoms in total. The van der Waals surface area contributed by atoms with Crippen LogP contribution in [0.25, 0.3) is 0 Å². The van der Waals surface area contributed by atoms with Crippen molar-refractivity contribution in [3.63, 3.8) is 0 Å². The number of carboxylic acid groups (broad SMARTS) is 1. The molecular weight excluding hydrogens is 393 g/mol. The van der Waals surface area contributed by atoms with Crippen LogP contribution in [0.5, 0.6) is 0 Å². The molecule has 25 heavy (non-hydrogen) atoms. The predicted octanol–water partition coefficient (Wildman–Crippen LogP) is 4.37. The monoisotopic (exact) mass is 409 g/mol. The summed E-state index contributed by atoms with van der Waals surface area (Å²) < 4.78 is 19.2. The summed E-state index contributed by atoms with van der Waals surface area (Å²) in [6.07, 6.45) is -0.776. The smallest absolute Gasteiger partial charge is 0.411 e. The van der Waals surface area contributed by atoms with Gasteiger partial charge in [-0.25, -0.2) is 14.0 Å². The zero-order valence-electron chi connectivity index (χ0n) is 13.5. The lowest BCUT2D eigenvalue weighted by molar-refractivity contribution is -0.143. The van der Waals surface area contributed by atoms with E-state index in [9.17, 15) is 19.1 Å². The molecule has 0 aliphatic carbocycles. The van der Waals surface area contributed by atoms with Crippen LogP contribution in [0.3, 0.4) is 0 Å². The summed E-state index contributed by atoms with van der Waals surface area (Å²) in [6, 6.07) is 11.7. The first-order chi connectivity index (χ1) is 11.9. The molecule has 2 rings (SSSR count). The minimum atomic E-state index is -1.34. The Morgan fingerprint density at radius 2 is 1.92 bits per heavy atom. The van der Waals surface area contributed by atoms with Crippen molar-refractivity contribution in [2.24, 2.45) is 0 Å². The van der Waals surface area contributed by atoms with Crippen LogP contribution in [0.4, 0.5) is 9.18 Å². The second kappa shape index (κ2) is 8.62. The van der Waals surface area contributed by atoms with Gasteiger partial charge in [-0.3, -0.25) is 4.90 Å². The van der Waals surface area contributed by atoms with Crippen LogP contribution in [-0.2, 0) is 16.1 Å². The Labute approximate surface area is 153 Å². The zero-order chi connectivity index (χ0) is 18.4. The third kappa shape index (κ3) is 4.79. The van der Waals surface area contributed by atoms with E-state index in [-0.39, 0.29) is 23.2 Å². The molecule has 1 unspecified atom stereocenters. The quantitative estimate of drug-likeness (QED) is 0.768. The maximum Gasteiger partial charge on any atom is 0.411 e. The molecule has 1 amide bonds. The molecule has 0 aromatic heterocycles. The van der Waals surface area contributed by atoms with Crippen molar-refractivity contribution in [2.75, 3.05) is 6.54 Å². The summed E-state index contributed by atoms with van der Waals surface area (Å²) in [7, 11) is 0. The molecule has 0 radical (unpaired) electrons. The van der Waals surface area contributed by atoms with Gasteiger partial charge >= 0.3 is 12.1 Å². The van der Waals surface area contributed by atoms with E-state index in [4.69, 9.17) is 4.74 Å². The van der Waals surface area contributed by atoms with Crippen molar-refractivity contribution in [2.45, 2.75) is 19.6 Å². The van der Waals surface area contributed by atoms with Gasteiger partial charge < -0.3 is 9.84 Å². The SMILES string of the molecule is CCN(C(=O)OCc1ccccc1)C(C(=O)O)c1ccc(Br)c(F)c1. The lowest BCUT2D eigenvalue weighted by Crippen LogP contribution is -2.39. The molecule has 1 atom stereocenters. The van der Waals surface area contributed by atoms with Gasteiger partial charge in [-0.05, 0) is 46.1 Å². The van der Waals surface area contributed by atoms with E-state index in [2.05, 4.69) is 15.9 Å². The van der Waals surface area contributed by atoms with Crippen LogP contribution in [-0.4, -0.2) is 28.6 Å². The van der Waals surface area contributed by atoms with Crippen LogP contribution in [0, 0.1) is 5.82 Å². The standard InChI is InChI=1S/C18H17BrFNO4/c1-2-21(18(24)25-11-12-6-4-3-5-7-12)16(17(22)23)13-8-9-14(19)15(20)10-13/h3-10,16H,2,11H2,1H3,(H,22,23). The van der Waals surface area contributed by atoms with Gasteiger partial charge in [0.05, 0.1) is 4.47 Å². The molecule has 2 aromatic rings. The molecule has 2 aromatic carbocycles. The fraction of sp³-hybridized carbons (Fsp3) is 0.222. The highest BCUT2D eigenvalue weighted by molar-refractivity contribution is 9.10. The van der Waals surface area contributed by atoms with Crippen molar-refractivity contribution >= 4 is 28.0 Å². The molecule has 7 heteroatoms. The van der Waals surface area contributed by atoms with Gasteiger partial charge in [0.15, 0.2) is 6.04 Å². The van der Waals surface area contributed by atoms with Crippen LogP contribution >= 0.6 is 15.9 Å². The number of likely N-dealkylation sites (N-methyl/N-ethyl adjacent to an activating group) is 1. The van der Waals surface area contributed by atoms with E-state index in [0.717, 1.165) is 16.5 Å². The average Bonchev–Trinajstić information content (AvgIpc) is 2.60. The Bertz CT molecular complexity index is 754. The molecule has 0 spiro atoms. The molecule has 0 aliphatic rings. The fourth-order valence-corrected chi connectivity index (χ4v) is 2.60. The second-order valence-corrected chi connectivity index (χ2v) is 6.09. The minimum absolute atomic E-state index is 0.0250. The number of carbonyl (C=O) groups excluding carboxylic acids is 1. The van der Waals surface area contributed by atoms with E-state index in [1.54, 1.807) is 19.1 Å². The molecule has 0 saturated heterocycles. The number of benzene rings is 2. The molecule has 132 valence electrons. The van der Waals surface area contributed by atoms with E-state index < -0.39 is 23.9 Å². The largest absolute Gasteiger partial charge is 0.479 e. The first-order valence-corrected chi connectivity index (χ1v) is 8.38. The second-order valence-electron chi connectivity index (χ2n) is 5.24. The van der Waals surface area contributed by atoms with Crippen molar-refractivity contribution in [3.8, 4) is 0 Å². The average molecular weight is 410 g/mol. The van der Waals surface area contributed by atoms with E-state index >= 15 is 0 Å². The summed E-state index contributed by atoms with van der Waals surface area (Å²) in [5, 5.41) is 9.54. The Morgan fingerprint density at radius 1 is 1.24 bits per heavy atom. The number of amides is 1. The zero-order valence-corrected chi connectivity index (χ0v) is 15.1. The highest BCUT2D eigenvalue weighted by Crippen LogP contribution is 2.26. The molecule has 0 bridgehead atoms. The van der Waals surface area contributed by atoms with Gasteiger partial charge in [-0.1, -0.05) is 36.4 Å².